The van der Waals surface area contributed by atoms with E-state index in [2.05, 4.69) is 41.4 Å². The van der Waals surface area contributed by atoms with Crippen molar-refractivity contribution in [1.29, 1.82) is 0 Å². The van der Waals surface area contributed by atoms with Crippen LogP contribution in [0.5, 0.6) is 0 Å². The van der Waals surface area contributed by atoms with E-state index in [9.17, 15) is 0 Å². The highest BCUT2D eigenvalue weighted by molar-refractivity contribution is 7.99. The number of benzene rings is 1. The third-order valence-corrected chi connectivity index (χ3v) is 3.77. The van der Waals surface area contributed by atoms with Crippen LogP contribution in [0.2, 0.25) is 0 Å². The molecule has 0 atom stereocenters. The number of hydrogen-bond donors (Lipinski definition) is 2. The third kappa shape index (κ3) is 3.68. The Morgan fingerprint density at radius 2 is 2.05 bits per heavy atom. The molecule has 100 valence electrons. The Kier molecular flexibility index (Phi) is 4.76. The van der Waals surface area contributed by atoms with Gasteiger partial charge in [-0.2, -0.15) is 0 Å². The van der Waals surface area contributed by atoms with Crippen LogP contribution in [0.1, 0.15) is 24.7 Å². The van der Waals surface area contributed by atoms with Crippen molar-refractivity contribution >= 4 is 17.6 Å². The largest absolute Gasteiger partial charge is 0.308 e. The summed E-state index contributed by atoms with van der Waals surface area (Å²) in [5.74, 6) is 6.95. The summed E-state index contributed by atoms with van der Waals surface area (Å²) in [6.07, 6.45) is 1.87. The van der Waals surface area contributed by atoms with Crippen LogP contribution in [0.4, 0.5) is 5.82 Å². The van der Waals surface area contributed by atoms with Gasteiger partial charge in [0.25, 0.3) is 0 Å². The molecule has 0 aliphatic heterocycles. The summed E-state index contributed by atoms with van der Waals surface area (Å²) >= 11 is 1.64. The molecular formula is C14H18N4S. The predicted octanol–water partition coefficient (Wildman–Crippen LogP) is 3.17. The van der Waals surface area contributed by atoms with Gasteiger partial charge in [0.2, 0.25) is 0 Å². The summed E-state index contributed by atoms with van der Waals surface area (Å²) < 4.78 is 0. The number of aryl methyl sites for hydroxylation is 2. The van der Waals surface area contributed by atoms with E-state index < -0.39 is 0 Å². The van der Waals surface area contributed by atoms with Gasteiger partial charge in [-0.25, -0.2) is 15.8 Å². The second-order valence-electron chi connectivity index (χ2n) is 4.27. The summed E-state index contributed by atoms with van der Waals surface area (Å²) in [4.78, 5) is 10.1. The fourth-order valence-corrected chi connectivity index (χ4v) is 2.64. The summed E-state index contributed by atoms with van der Waals surface area (Å²) in [7, 11) is 0. The average molecular weight is 274 g/mol. The van der Waals surface area contributed by atoms with Gasteiger partial charge in [-0.3, -0.25) is 0 Å². The molecule has 0 saturated carbocycles. The van der Waals surface area contributed by atoms with Crippen LogP contribution < -0.4 is 11.3 Å². The Hall–Kier alpha value is -1.59. The molecule has 2 rings (SSSR count). The number of rotatable bonds is 5. The van der Waals surface area contributed by atoms with E-state index in [0.717, 1.165) is 23.7 Å². The van der Waals surface area contributed by atoms with Crippen LogP contribution in [0, 0.1) is 6.92 Å². The van der Waals surface area contributed by atoms with Gasteiger partial charge >= 0.3 is 0 Å². The van der Waals surface area contributed by atoms with Crippen molar-refractivity contribution < 1.29 is 0 Å². The Morgan fingerprint density at radius 3 is 2.74 bits per heavy atom. The van der Waals surface area contributed by atoms with Crippen molar-refractivity contribution in [3.05, 3.63) is 41.7 Å². The number of nitrogens with one attached hydrogen (secondary N) is 1. The van der Waals surface area contributed by atoms with E-state index in [0.29, 0.717) is 5.82 Å². The highest BCUT2D eigenvalue weighted by Crippen LogP contribution is 2.29. The third-order valence-electron chi connectivity index (χ3n) is 2.68. The van der Waals surface area contributed by atoms with E-state index in [4.69, 9.17) is 5.84 Å². The van der Waals surface area contributed by atoms with Crippen LogP contribution in [0.3, 0.4) is 0 Å². The molecule has 0 amide bonds. The first kappa shape index (κ1) is 13.8. The second kappa shape index (κ2) is 6.54. The number of nitrogen functional groups attached to an aromatic ring is 1. The number of hydrogen-bond acceptors (Lipinski definition) is 5. The first-order valence-electron chi connectivity index (χ1n) is 6.31. The van der Waals surface area contributed by atoms with E-state index >= 15 is 0 Å². The van der Waals surface area contributed by atoms with E-state index in [1.807, 2.05) is 18.2 Å². The monoisotopic (exact) mass is 274 g/mol. The standard InChI is InChI=1S/C14H18N4S/c1-3-6-12-16-13(18-15)9-14(17-12)19-11-8-5-4-7-10(11)2/h4-5,7-9H,3,6,15H2,1-2H3,(H,16,17,18). The van der Waals surface area contributed by atoms with Gasteiger partial charge in [-0.15, -0.1) is 0 Å². The molecule has 4 nitrogen and oxygen atoms in total. The topological polar surface area (TPSA) is 63.8 Å². The van der Waals surface area contributed by atoms with E-state index in [1.165, 1.54) is 10.5 Å². The zero-order valence-electron chi connectivity index (χ0n) is 11.2. The summed E-state index contributed by atoms with van der Waals surface area (Å²) in [5.41, 5.74) is 3.84. The van der Waals surface area contributed by atoms with Gasteiger partial charge in [0.1, 0.15) is 16.7 Å². The Morgan fingerprint density at radius 1 is 1.26 bits per heavy atom. The minimum atomic E-state index is 0.662. The Bertz CT molecular complexity index is 557. The molecule has 0 spiro atoms. The van der Waals surface area contributed by atoms with Gasteiger partial charge in [0.15, 0.2) is 0 Å². The van der Waals surface area contributed by atoms with Crippen molar-refractivity contribution in [3.63, 3.8) is 0 Å². The lowest BCUT2D eigenvalue weighted by atomic mass is 10.2. The smallest absolute Gasteiger partial charge is 0.144 e. The molecule has 3 N–H and O–H groups in total. The maximum Gasteiger partial charge on any atom is 0.144 e. The molecule has 19 heavy (non-hydrogen) atoms. The van der Waals surface area contributed by atoms with Gasteiger partial charge in [-0.05, 0) is 25.0 Å². The quantitative estimate of drug-likeness (QED) is 0.498. The van der Waals surface area contributed by atoms with Crippen LogP contribution in [0.15, 0.2) is 40.3 Å². The molecule has 0 fully saturated rings. The summed E-state index contributed by atoms with van der Waals surface area (Å²) in [5, 5.41) is 0.917. The molecule has 2 aromatic rings. The highest BCUT2D eigenvalue weighted by atomic mass is 32.2. The minimum absolute atomic E-state index is 0.662. The zero-order valence-corrected chi connectivity index (χ0v) is 12.0. The predicted molar refractivity (Wildman–Crippen MR) is 79.1 cm³/mol. The molecule has 0 saturated heterocycles. The normalized spacial score (nSPS) is 10.5. The summed E-state index contributed by atoms with van der Waals surface area (Å²) in [6.45, 7) is 4.21. The number of hydrazine groups is 1. The maximum atomic E-state index is 5.46. The van der Waals surface area contributed by atoms with Gasteiger partial charge in [0.05, 0.1) is 0 Å². The lowest BCUT2D eigenvalue weighted by molar-refractivity contribution is 0.810. The van der Waals surface area contributed by atoms with E-state index in [-0.39, 0.29) is 0 Å². The van der Waals surface area contributed by atoms with Gasteiger partial charge < -0.3 is 5.43 Å². The van der Waals surface area contributed by atoms with Crippen molar-refractivity contribution in [1.82, 2.24) is 9.97 Å². The number of nitrogens with two attached hydrogens (primary N) is 1. The van der Waals surface area contributed by atoms with Crippen LogP contribution in [-0.4, -0.2) is 9.97 Å². The fourth-order valence-electron chi connectivity index (χ4n) is 1.72. The molecule has 0 aliphatic carbocycles. The average Bonchev–Trinajstić information content (AvgIpc) is 2.41. The Balaban J connectivity index is 2.29. The molecule has 0 aliphatic rings. The molecule has 0 bridgehead atoms. The second-order valence-corrected chi connectivity index (χ2v) is 5.33. The first-order valence-corrected chi connectivity index (χ1v) is 7.12. The SMILES string of the molecule is CCCc1nc(NN)cc(Sc2ccccc2C)n1. The Labute approximate surface area is 117 Å². The van der Waals surface area contributed by atoms with Crippen molar-refractivity contribution in [2.24, 2.45) is 5.84 Å². The van der Waals surface area contributed by atoms with Crippen molar-refractivity contribution in [2.45, 2.75) is 36.6 Å². The van der Waals surface area contributed by atoms with Crippen LogP contribution in [-0.2, 0) is 6.42 Å². The number of aromatic nitrogens is 2. The first-order chi connectivity index (χ1) is 9.22. The summed E-state index contributed by atoms with van der Waals surface area (Å²) in [6, 6.07) is 10.1. The molecule has 1 aromatic heterocycles. The fraction of sp³-hybridized carbons (Fsp3) is 0.286. The molecular weight excluding hydrogens is 256 g/mol. The number of nitrogens with zero attached hydrogens (tertiary/aromatic N) is 2. The molecule has 1 aromatic carbocycles. The zero-order chi connectivity index (χ0) is 13.7. The van der Waals surface area contributed by atoms with Crippen molar-refractivity contribution in [3.8, 4) is 0 Å². The van der Waals surface area contributed by atoms with Gasteiger partial charge in [0, 0.05) is 17.4 Å². The highest BCUT2D eigenvalue weighted by Gasteiger charge is 2.06. The minimum Gasteiger partial charge on any atom is -0.308 e. The number of anilines is 1. The van der Waals surface area contributed by atoms with Crippen LogP contribution in [0.25, 0.3) is 0 Å². The van der Waals surface area contributed by atoms with Gasteiger partial charge in [-0.1, -0.05) is 36.9 Å². The van der Waals surface area contributed by atoms with Crippen molar-refractivity contribution in [2.75, 3.05) is 5.43 Å². The van der Waals surface area contributed by atoms with E-state index in [1.54, 1.807) is 11.8 Å². The molecule has 5 heteroatoms. The maximum absolute atomic E-state index is 5.46. The molecule has 0 unspecified atom stereocenters. The lowest BCUT2D eigenvalue weighted by Gasteiger charge is -2.08. The van der Waals surface area contributed by atoms with Crippen LogP contribution >= 0.6 is 11.8 Å². The lowest BCUT2D eigenvalue weighted by Crippen LogP contribution is -2.10. The molecule has 0 radical (unpaired) electrons. The molecule has 1 heterocycles.